The van der Waals surface area contributed by atoms with Crippen molar-refractivity contribution < 1.29 is 32.9 Å². The summed E-state index contributed by atoms with van der Waals surface area (Å²) >= 11 is 0. The van der Waals surface area contributed by atoms with Crippen molar-refractivity contribution in [3.63, 3.8) is 0 Å². The maximum Gasteiger partial charge on any atom is 0.303 e. The number of fused-ring (bicyclic) bond motifs is 1. The van der Waals surface area contributed by atoms with Crippen LogP contribution in [0.3, 0.4) is 0 Å². The normalized spacial score (nSPS) is 29.0. The van der Waals surface area contributed by atoms with Crippen molar-refractivity contribution in [3.8, 4) is 0 Å². The molecule has 0 radical (unpaired) electrons. The molecular weight excluding hydrogens is 464 g/mol. The van der Waals surface area contributed by atoms with Gasteiger partial charge in [-0.25, -0.2) is 0 Å². The van der Waals surface area contributed by atoms with Crippen LogP contribution < -0.4 is 0 Å². The van der Waals surface area contributed by atoms with E-state index in [4.69, 9.17) is 28.1 Å². The van der Waals surface area contributed by atoms with Gasteiger partial charge in [-0.15, -0.1) is 6.58 Å². The third-order valence-electron chi connectivity index (χ3n) is 7.17. The molecule has 2 aliphatic heterocycles. The SMILES string of the molecule is C=CCC(OC(C)=O)[C@@]1(CO[Si](C)(C)C(C)(C)C)O[C@@H]2OC(C)(C)O[C@@H]2[C@H]1OCc1ccccc1. The maximum atomic E-state index is 12.2. The Bertz CT molecular complexity index is 879. The summed E-state index contributed by atoms with van der Waals surface area (Å²) in [5.41, 5.74) is -0.128. The smallest absolute Gasteiger partial charge is 0.303 e. The average Bonchev–Trinajstić information content (AvgIpc) is 3.19. The molecule has 2 heterocycles. The molecular formula is C27H42O7Si. The molecule has 0 aromatic heterocycles. The molecule has 35 heavy (non-hydrogen) atoms. The molecule has 1 aromatic rings. The summed E-state index contributed by atoms with van der Waals surface area (Å²) in [7, 11) is -2.19. The summed E-state index contributed by atoms with van der Waals surface area (Å²) in [6.45, 7) is 20.4. The summed E-state index contributed by atoms with van der Waals surface area (Å²) in [4.78, 5) is 12.2. The molecule has 0 amide bonds. The Morgan fingerprint density at radius 3 is 2.40 bits per heavy atom. The number of esters is 1. The number of carbonyl (C=O) groups excluding carboxylic acids is 1. The summed E-state index contributed by atoms with van der Waals surface area (Å²) < 4.78 is 38.1. The molecule has 2 fully saturated rings. The van der Waals surface area contributed by atoms with Crippen molar-refractivity contribution >= 4 is 14.3 Å². The van der Waals surface area contributed by atoms with Crippen molar-refractivity contribution in [2.24, 2.45) is 0 Å². The highest BCUT2D eigenvalue weighted by molar-refractivity contribution is 6.74. The second-order valence-electron chi connectivity index (χ2n) is 11.4. The molecule has 7 nitrogen and oxygen atoms in total. The van der Waals surface area contributed by atoms with Crippen LogP contribution in [0.25, 0.3) is 0 Å². The van der Waals surface area contributed by atoms with Gasteiger partial charge in [0.15, 0.2) is 26.0 Å². The predicted molar refractivity (Wildman–Crippen MR) is 136 cm³/mol. The first-order valence-electron chi connectivity index (χ1n) is 12.3. The predicted octanol–water partition coefficient (Wildman–Crippen LogP) is 5.35. The molecule has 196 valence electrons. The molecule has 2 aliphatic rings. The lowest BCUT2D eigenvalue weighted by molar-refractivity contribution is -0.272. The van der Waals surface area contributed by atoms with Crippen LogP contribution in [0.15, 0.2) is 43.0 Å². The van der Waals surface area contributed by atoms with Crippen LogP contribution in [0.2, 0.25) is 18.1 Å². The standard InChI is InChI=1S/C27H42O7Si/c1-10-14-21(31-19(2)28)27(18-30-35(8,9)25(3,4)5)23(29-17-20-15-12-11-13-16-20)22-24(34-27)33-26(6,7)32-22/h10-13,15-16,21-24H,1,14,17-18H2,2-9H3/t21?,22-,23-,24+,27-/m1/s1. The van der Waals surface area contributed by atoms with E-state index in [1.165, 1.54) is 6.92 Å². The lowest BCUT2D eigenvalue weighted by Crippen LogP contribution is -2.60. The van der Waals surface area contributed by atoms with Gasteiger partial charge in [0.1, 0.15) is 18.3 Å². The van der Waals surface area contributed by atoms with Crippen LogP contribution in [-0.4, -0.2) is 56.9 Å². The monoisotopic (exact) mass is 506 g/mol. The van der Waals surface area contributed by atoms with Gasteiger partial charge in [0.2, 0.25) is 0 Å². The van der Waals surface area contributed by atoms with Gasteiger partial charge in [0, 0.05) is 13.3 Å². The Kier molecular flexibility index (Phi) is 8.36. The number of ether oxygens (including phenoxy) is 5. The van der Waals surface area contributed by atoms with E-state index >= 15 is 0 Å². The molecule has 0 spiro atoms. The van der Waals surface area contributed by atoms with Gasteiger partial charge in [-0.05, 0) is 37.5 Å². The van der Waals surface area contributed by atoms with Gasteiger partial charge in [-0.3, -0.25) is 4.79 Å². The fourth-order valence-corrected chi connectivity index (χ4v) is 5.31. The van der Waals surface area contributed by atoms with Crippen molar-refractivity contribution in [2.45, 2.75) is 109 Å². The van der Waals surface area contributed by atoms with Crippen molar-refractivity contribution in [2.75, 3.05) is 6.61 Å². The number of rotatable bonds is 10. The molecule has 0 aliphatic carbocycles. The quantitative estimate of drug-likeness (QED) is 0.241. The fourth-order valence-electron chi connectivity index (χ4n) is 4.29. The molecule has 5 atom stereocenters. The van der Waals surface area contributed by atoms with E-state index in [0.717, 1.165) is 5.56 Å². The van der Waals surface area contributed by atoms with E-state index in [-0.39, 0.29) is 11.6 Å². The lowest BCUT2D eigenvalue weighted by Gasteiger charge is -2.44. The van der Waals surface area contributed by atoms with Crippen molar-refractivity contribution in [1.29, 1.82) is 0 Å². The summed E-state index contributed by atoms with van der Waals surface area (Å²) in [5.74, 6) is -1.24. The van der Waals surface area contributed by atoms with Gasteiger partial charge in [0.25, 0.3) is 0 Å². The number of hydrogen-bond donors (Lipinski definition) is 0. The first-order chi connectivity index (χ1) is 16.2. The second kappa shape index (κ2) is 10.4. The Hall–Kier alpha value is -1.55. The minimum atomic E-state index is -2.19. The number of carbonyl (C=O) groups is 1. The van der Waals surface area contributed by atoms with Crippen LogP contribution in [-0.2, 0) is 39.5 Å². The van der Waals surface area contributed by atoms with E-state index in [9.17, 15) is 4.79 Å². The molecule has 0 N–H and O–H groups in total. The van der Waals surface area contributed by atoms with Crippen LogP contribution in [0.4, 0.5) is 0 Å². The van der Waals surface area contributed by atoms with E-state index in [2.05, 4.69) is 40.4 Å². The maximum absolute atomic E-state index is 12.2. The lowest BCUT2D eigenvalue weighted by atomic mass is 9.87. The van der Waals surface area contributed by atoms with Gasteiger partial charge in [-0.2, -0.15) is 0 Å². The summed E-state index contributed by atoms with van der Waals surface area (Å²) in [6.07, 6.45) is -0.406. The first kappa shape index (κ1) is 28.0. The second-order valence-corrected chi connectivity index (χ2v) is 16.2. The molecule has 1 unspecified atom stereocenters. The fraction of sp³-hybridized carbons (Fsp3) is 0.667. The molecule has 1 aromatic carbocycles. The van der Waals surface area contributed by atoms with Gasteiger partial charge in [-0.1, -0.05) is 57.2 Å². The topological polar surface area (TPSA) is 72.5 Å². The van der Waals surface area contributed by atoms with Crippen LogP contribution in [0.1, 0.15) is 53.5 Å². The third-order valence-corrected chi connectivity index (χ3v) is 11.7. The Labute approximate surface area is 211 Å². The van der Waals surface area contributed by atoms with Crippen molar-refractivity contribution in [3.05, 3.63) is 48.6 Å². The van der Waals surface area contributed by atoms with Gasteiger partial charge in [0.05, 0.1) is 13.2 Å². The highest BCUT2D eigenvalue weighted by Crippen LogP contribution is 2.48. The van der Waals surface area contributed by atoms with Gasteiger partial charge >= 0.3 is 5.97 Å². The number of hydrogen-bond acceptors (Lipinski definition) is 7. The first-order valence-corrected chi connectivity index (χ1v) is 15.2. The van der Waals surface area contributed by atoms with E-state index < -0.39 is 50.3 Å². The zero-order chi connectivity index (χ0) is 26.1. The van der Waals surface area contributed by atoms with Crippen LogP contribution in [0.5, 0.6) is 0 Å². The van der Waals surface area contributed by atoms with Gasteiger partial charge < -0.3 is 28.1 Å². The van der Waals surface area contributed by atoms with E-state index in [1.54, 1.807) is 6.08 Å². The zero-order valence-corrected chi connectivity index (χ0v) is 23.5. The molecule has 0 saturated carbocycles. The minimum absolute atomic E-state index is 0.0204. The molecule has 3 rings (SSSR count). The zero-order valence-electron chi connectivity index (χ0n) is 22.5. The Morgan fingerprint density at radius 1 is 1.17 bits per heavy atom. The highest BCUT2D eigenvalue weighted by Gasteiger charge is 2.66. The largest absolute Gasteiger partial charge is 0.459 e. The van der Waals surface area contributed by atoms with Crippen LogP contribution in [0, 0.1) is 0 Å². The molecule has 0 bridgehead atoms. The summed E-state index contributed by atoms with van der Waals surface area (Å²) in [5, 5.41) is -0.0204. The average molecular weight is 507 g/mol. The Morgan fingerprint density at radius 2 is 1.83 bits per heavy atom. The third kappa shape index (κ3) is 6.24. The van der Waals surface area contributed by atoms with Crippen LogP contribution >= 0.6 is 0 Å². The van der Waals surface area contributed by atoms with E-state index in [0.29, 0.717) is 13.0 Å². The number of benzene rings is 1. The summed E-state index contributed by atoms with van der Waals surface area (Å²) in [6, 6.07) is 9.91. The minimum Gasteiger partial charge on any atom is -0.459 e. The van der Waals surface area contributed by atoms with E-state index in [1.807, 2.05) is 44.2 Å². The highest BCUT2D eigenvalue weighted by atomic mass is 28.4. The Balaban J connectivity index is 2.02. The molecule has 8 heteroatoms. The molecule has 2 saturated heterocycles. The van der Waals surface area contributed by atoms with Crippen molar-refractivity contribution in [1.82, 2.24) is 0 Å².